The van der Waals surface area contributed by atoms with Crippen LogP contribution >= 0.6 is 0 Å². The lowest BCUT2D eigenvalue weighted by Crippen LogP contribution is -2.15. The van der Waals surface area contributed by atoms with Crippen LogP contribution in [0.4, 0.5) is 0 Å². The summed E-state index contributed by atoms with van der Waals surface area (Å²) in [7, 11) is 0. The van der Waals surface area contributed by atoms with E-state index in [0.29, 0.717) is 0 Å². The smallest absolute Gasteiger partial charge is 0.314 e. The number of nitriles is 1. The number of ketones is 1. The Morgan fingerprint density at radius 2 is 2.18 bits per heavy atom. The molecule has 0 aromatic rings. The highest BCUT2D eigenvalue weighted by molar-refractivity contribution is 5.94. The van der Waals surface area contributed by atoms with Crippen LogP contribution in [0, 0.1) is 11.3 Å². The Balaban J connectivity index is 3.72. The van der Waals surface area contributed by atoms with Crippen LogP contribution in [0.3, 0.4) is 0 Å². The van der Waals surface area contributed by atoms with E-state index in [1.165, 1.54) is 13.8 Å². The van der Waals surface area contributed by atoms with Crippen molar-refractivity contribution in [1.29, 1.82) is 5.26 Å². The zero-order chi connectivity index (χ0) is 8.85. The van der Waals surface area contributed by atoms with Crippen LogP contribution in [-0.4, -0.2) is 17.9 Å². The predicted molar refractivity (Wildman–Crippen MR) is 36.5 cm³/mol. The first kappa shape index (κ1) is 9.63. The maximum absolute atomic E-state index is 10.6. The number of nitrogens with zero attached hydrogens (tertiary/aromatic N) is 1. The van der Waals surface area contributed by atoms with Crippen molar-refractivity contribution in [2.24, 2.45) is 0 Å². The Morgan fingerprint density at radius 1 is 1.64 bits per heavy atom. The molecule has 0 aliphatic heterocycles. The van der Waals surface area contributed by atoms with Gasteiger partial charge in [-0.1, -0.05) is 0 Å². The normalized spacial score (nSPS) is 11.4. The first-order valence-electron chi connectivity index (χ1n) is 3.14. The van der Waals surface area contributed by atoms with Gasteiger partial charge in [-0.05, 0) is 13.8 Å². The Hall–Kier alpha value is -1.37. The quantitative estimate of drug-likeness (QED) is 0.437. The van der Waals surface area contributed by atoms with Gasteiger partial charge in [-0.15, -0.1) is 0 Å². The van der Waals surface area contributed by atoms with E-state index in [2.05, 4.69) is 4.74 Å². The first-order valence-corrected chi connectivity index (χ1v) is 3.14. The molecule has 0 spiro atoms. The van der Waals surface area contributed by atoms with Gasteiger partial charge in [-0.3, -0.25) is 9.59 Å². The van der Waals surface area contributed by atoms with Crippen molar-refractivity contribution in [3.63, 3.8) is 0 Å². The summed E-state index contributed by atoms with van der Waals surface area (Å²) in [6, 6.07) is 1.71. The molecule has 0 fully saturated rings. The van der Waals surface area contributed by atoms with Crippen LogP contribution < -0.4 is 0 Å². The number of hydrogen-bond acceptors (Lipinski definition) is 4. The predicted octanol–water partition coefficient (Wildman–Crippen LogP) is 0.421. The van der Waals surface area contributed by atoms with Crippen LogP contribution in [0.25, 0.3) is 0 Å². The average molecular weight is 155 g/mol. The Bertz CT molecular complexity index is 204. The van der Waals surface area contributed by atoms with E-state index >= 15 is 0 Å². The molecule has 0 aromatic carbocycles. The lowest BCUT2D eigenvalue weighted by molar-refractivity contribution is -0.147. The van der Waals surface area contributed by atoms with Crippen molar-refractivity contribution in [3.05, 3.63) is 0 Å². The van der Waals surface area contributed by atoms with Crippen molar-refractivity contribution in [3.8, 4) is 6.07 Å². The summed E-state index contributed by atoms with van der Waals surface area (Å²) in [6.07, 6.45) is -1.03. The number of esters is 1. The Kier molecular flexibility index (Phi) is 3.89. The molecule has 0 saturated carbocycles. The lowest BCUT2D eigenvalue weighted by Gasteiger charge is -2.02. The van der Waals surface area contributed by atoms with Gasteiger partial charge in [-0.2, -0.15) is 5.26 Å². The molecular formula is C7H9NO3. The van der Waals surface area contributed by atoms with Crippen LogP contribution in [0.15, 0.2) is 0 Å². The minimum atomic E-state index is -0.776. The summed E-state index contributed by atoms with van der Waals surface area (Å²) in [6.45, 7) is 2.73. The SMILES string of the molecule is CC(=O)CC(=O)OC(C)C#N. The van der Waals surface area contributed by atoms with E-state index in [4.69, 9.17) is 5.26 Å². The van der Waals surface area contributed by atoms with Gasteiger partial charge < -0.3 is 4.74 Å². The van der Waals surface area contributed by atoms with Gasteiger partial charge in [0, 0.05) is 0 Å². The van der Waals surface area contributed by atoms with Crippen LogP contribution in [0.2, 0.25) is 0 Å². The van der Waals surface area contributed by atoms with E-state index in [0.717, 1.165) is 0 Å². The summed E-state index contributed by atoms with van der Waals surface area (Å²) in [5, 5.41) is 8.21. The Morgan fingerprint density at radius 3 is 2.55 bits per heavy atom. The number of Topliss-reactive ketones (excluding diaryl/α,β-unsaturated/α-hetero) is 1. The molecule has 0 rings (SSSR count). The lowest BCUT2D eigenvalue weighted by atomic mass is 10.3. The summed E-state index contributed by atoms with van der Waals surface area (Å²) in [5.41, 5.74) is 0. The molecule has 1 atom stereocenters. The number of carbonyl (C=O) groups is 2. The van der Waals surface area contributed by atoms with E-state index in [1.807, 2.05) is 0 Å². The number of hydrogen-bond donors (Lipinski definition) is 0. The molecular weight excluding hydrogens is 146 g/mol. The van der Waals surface area contributed by atoms with Gasteiger partial charge in [0.1, 0.15) is 18.3 Å². The monoisotopic (exact) mass is 155 g/mol. The zero-order valence-electron chi connectivity index (χ0n) is 6.46. The second-order valence-electron chi connectivity index (χ2n) is 2.14. The number of carbonyl (C=O) groups excluding carboxylic acids is 2. The summed E-state index contributed by atoms with van der Waals surface area (Å²) >= 11 is 0. The summed E-state index contributed by atoms with van der Waals surface area (Å²) in [4.78, 5) is 21.0. The third kappa shape index (κ3) is 5.09. The van der Waals surface area contributed by atoms with Crippen LogP contribution in [0.5, 0.6) is 0 Å². The second-order valence-corrected chi connectivity index (χ2v) is 2.14. The van der Waals surface area contributed by atoms with Gasteiger partial charge in [0.25, 0.3) is 0 Å². The largest absolute Gasteiger partial charge is 0.447 e. The third-order valence-electron chi connectivity index (χ3n) is 0.883. The van der Waals surface area contributed by atoms with Crippen molar-refractivity contribution in [1.82, 2.24) is 0 Å². The van der Waals surface area contributed by atoms with E-state index in [9.17, 15) is 9.59 Å². The fraction of sp³-hybridized carbons (Fsp3) is 0.571. The first-order chi connectivity index (χ1) is 5.06. The molecule has 0 aromatic heterocycles. The number of rotatable bonds is 3. The highest BCUT2D eigenvalue weighted by atomic mass is 16.5. The summed E-state index contributed by atoms with van der Waals surface area (Å²) < 4.78 is 4.49. The van der Waals surface area contributed by atoms with E-state index in [-0.39, 0.29) is 12.2 Å². The van der Waals surface area contributed by atoms with Crippen molar-refractivity contribution in [2.75, 3.05) is 0 Å². The number of ether oxygens (including phenoxy) is 1. The highest BCUT2D eigenvalue weighted by Gasteiger charge is 2.09. The van der Waals surface area contributed by atoms with Crippen molar-refractivity contribution < 1.29 is 14.3 Å². The van der Waals surface area contributed by atoms with Gasteiger partial charge in [0.15, 0.2) is 6.10 Å². The zero-order valence-corrected chi connectivity index (χ0v) is 6.46. The van der Waals surface area contributed by atoms with E-state index in [1.54, 1.807) is 6.07 Å². The topological polar surface area (TPSA) is 67.2 Å². The molecule has 0 N–H and O–H groups in total. The van der Waals surface area contributed by atoms with Crippen molar-refractivity contribution in [2.45, 2.75) is 26.4 Å². The van der Waals surface area contributed by atoms with Crippen molar-refractivity contribution >= 4 is 11.8 Å². The van der Waals surface area contributed by atoms with Crippen LogP contribution in [-0.2, 0) is 14.3 Å². The standard InChI is InChI=1S/C7H9NO3/c1-5(9)3-7(10)11-6(2)4-8/h6H,3H2,1-2H3. The second kappa shape index (κ2) is 4.45. The molecule has 11 heavy (non-hydrogen) atoms. The third-order valence-corrected chi connectivity index (χ3v) is 0.883. The minimum absolute atomic E-state index is 0.258. The fourth-order valence-electron chi connectivity index (χ4n) is 0.468. The molecule has 60 valence electrons. The molecule has 4 nitrogen and oxygen atoms in total. The summed E-state index contributed by atoms with van der Waals surface area (Å²) in [5.74, 6) is -0.910. The van der Waals surface area contributed by atoms with E-state index < -0.39 is 12.1 Å². The molecule has 0 aliphatic carbocycles. The van der Waals surface area contributed by atoms with Crippen LogP contribution in [0.1, 0.15) is 20.3 Å². The molecule has 4 heteroatoms. The molecule has 1 unspecified atom stereocenters. The van der Waals surface area contributed by atoms with Gasteiger partial charge >= 0.3 is 5.97 Å². The maximum Gasteiger partial charge on any atom is 0.314 e. The Labute approximate surface area is 64.8 Å². The fourth-order valence-corrected chi connectivity index (χ4v) is 0.468. The molecule has 0 amide bonds. The maximum atomic E-state index is 10.6. The van der Waals surface area contributed by atoms with Gasteiger partial charge in [0.2, 0.25) is 0 Å². The molecule has 0 saturated heterocycles. The molecule has 0 radical (unpaired) electrons. The van der Waals surface area contributed by atoms with Gasteiger partial charge in [0.05, 0.1) is 0 Å². The molecule has 0 bridgehead atoms. The highest BCUT2D eigenvalue weighted by Crippen LogP contribution is 1.93. The minimum Gasteiger partial charge on any atom is -0.447 e. The van der Waals surface area contributed by atoms with Gasteiger partial charge in [-0.25, -0.2) is 0 Å². The molecule has 0 aliphatic rings. The average Bonchev–Trinajstić information content (AvgIpc) is 1.85. The molecule has 0 heterocycles.